The SMILES string of the molecule is CCCOC[CH]OOC(=O)c1cccc(-c2ccccc2)c1. The van der Waals surface area contributed by atoms with Crippen LogP contribution >= 0.6 is 0 Å². The van der Waals surface area contributed by atoms with E-state index in [0.29, 0.717) is 12.2 Å². The highest BCUT2D eigenvalue weighted by Gasteiger charge is 2.09. The molecule has 0 atom stereocenters. The molecule has 1 radical (unpaired) electrons. The van der Waals surface area contributed by atoms with Crippen molar-refractivity contribution >= 4 is 5.97 Å². The number of carbonyl (C=O) groups excluding carboxylic acids is 1. The zero-order chi connectivity index (χ0) is 15.6. The van der Waals surface area contributed by atoms with Crippen molar-refractivity contribution in [3.8, 4) is 11.1 Å². The summed E-state index contributed by atoms with van der Waals surface area (Å²) in [6, 6.07) is 17.0. The Labute approximate surface area is 130 Å². The molecule has 4 nitrogen and oxygen atoms in total. The maximum absolute atomic E-state index is 11.9. The molecule has 2 aromatic carbocycles. The first kappa shape index (κ1) is 16.2. The van der Waals surface area contributed by atoms with Crippen LogP contribution in [0.2, 0.25) is 0 Å². The first-order chi connectivity index (χ1) is 10.8. The molecular formula is C18H19O4. The molecule has 0 aliphatic carbocycles. The van der Waals surface area contributed by atoms with Gasteiger partial charge in [-0.25, -0.2) is 4.79 Å². The van der Waals surface area contributed by atoms with Gasteiger partial charge in [-0.05, 0) is 29.7 Å². The minimum absolute atomic E-state index is 0.283. The third kappa shape index (κ3) is 4.98. The van der Waals surface area contributed by atoms with E-state index >= 15 is 0 Å². The molecule has 0 saturated carbocycles. The lowest BCUT2D eigenvalue weighted by Crippen LogP contribution is -2.07. The summed E-state index contributed by atoms with van der Waals surface area (Å²) in [5.41, 5.74) is 2.42. The number of benzene rings is 2. The summed E-state index contributed by atoms with van der Waals surface area (Å²) in [6.45, 7) is 4.26. The first-order valence-electron chi connectivity index (χ1n) is 7.24. The number of hydrogen-bond donors (Lipinski definition) is 0. The van der Waals surface area contributed by atoms with Crippen molar-refractivity contribution in [1.82, 2.24) is 0 Å². The van der Waals surface area contributed by atoms with Crippen LogP contribution < -0.4 is 0 Å². The molecule has 0 fully saturated rings. The van der Waals surface area contributed by atoms with Gasteiger partial charge in [-0.1, -0.05) is 49.4 Å². The van der Waals surface area contributed by atoms with Crippen molar-refractivity contribution in [1.29, 1.82) is 0 Å². The fourth-order valence-corrected chi connectivity index (χ4v) is 1.89. The van der Waals surface area contributed by atoms with Crippen molar-refractivity contribution in [2.45, 2.75) is 13.3 Å². The predicted octanol–water partition coefficient (Wildman–Crippen LogP) is 4.03. The van der Waals surface area contributed by atoms with Crippen LogP contribution in [0.1, 0.15) is 23.7 Å². The Kier molecular flexibility index (Phi) is 6.61. The van der Waals surface area contributed by atoms with E-state index in [4.69, 9.17) is 14.5 Å². The summed E-state index contributed by atoms with van der Waals surface area (Å²) in [6.07, 6.45) is 0.930. The Bertz CT molecular complexity index is 581. The molecule has 0 amide bonds. The molecular weight excluding hydrogens is 280 g/mol. The van der Waals surface area contributed by atoms with E-state index in [9.17, 15) is 4.79 Å². The summed E-state index contributed by atoms with van der Waals surface area (Å²) >= 11 is 0. The van der Waals surface area contributed by atoms with E-state index in [-0.39, 0.29) is 6.61 Å². The van der Waals surface area contributed by atoms with Crippen LogP contribution in [0, 0.1) is 6.61 Å². The minimum Gasteiger partial charge on any atom is -0.378 e. The van der Waals surface area contributed by atoms with E-state index in [1.165, 1.54) is 6.61 Å². The van der Waals surface area contributed by atoms with Crippen molar-refractivity contribution in [2.75, 3.05) is 13.2 Å². The van der Waals surface area contributed by atoms with Crippen LogP contribution in [0.4, 0.5) is 0 Å². The maximum Gasteiger partial charge on any atom is 0.373 e. The monoisotopic (exact) mass is 299 g/mol. The zero-order valence-electron chi connectivity index (χ0n) is 12.5. The van der Waals surface area contributed by atoms with Gasteiger partial charge in [0.05, 0.1) is 12.2 Å². The molecule has 0 bridgehead atoms. The molecule has 0 aliphatic rings. The van der Waals surface area contributed by atoms with Crippen LogP contribution in [0.5, 0.6) is 0 Å². The van der Waals surface area contributed by atoms with Crippen molar-refractivity contribution in [3.05, 3.63) is 66.8 Å². The van der Waals surface area contributed by atoms with Crippen molar-refractivity contribution in [2.24, 2.45) is 0 Å². The summed E-state index contributed by atoms with van der Waals surface area (Å²) in [5, 5.41) is 0. The van der Waals surface area contributed by atoms with Crippen LogP contribution in [0.25, 0.3) is 11.1 Å². The fourth-order valence-electron chi connectivity index (χ4n) is 1.89. The Morgan fingerprint density at radius 3 is 2.59 bits per heavy atom. The number of hydrogen-bond acceptors (Lipinski definition) is 4. The summed E-state index contributed by atoms with van der Waals surface area (Å²) in [4.78, 5) is 21.4. The molecule has 0 aromatic heterocycles. The van der Waals surface area contributed by atoms with Crippen LogP contribution in [0.3, 0.4) is 0 Å². The van der Waals surface area contributed by atoms with Crippen LogP contribution in [-0.2, 0) is 14.5 Å². The second-order valence-corrected chi connectivity index (χ2v) is 4.66. The highest BCUT2D eigenvalue weighted by molar-refractivity contribution is 5.90. The molecule has 2 rings (SSSR count). The summed E-state index contributed by atoms with van der Waals surface area (Å²) in [5.74, 6) is -0.537. The molecule has 2 aromatic rings. The lowest BCUT2D eigenvalue weighted by Gasteiger charge is -2.06. The highest BCUT2D eigenvalue weighted by Crippen LogP contribution is 2.20. The molecule has 22 heavy (non-hydrogen) atoms. The second kappa shape index (κ2) is 8.97. The molecule has 115 valence electrons. The van der Waals surface area contributed by atoms with Gasteiger partial charge in [0.2, 0.25) is 0 Å². The molecule has 0 saturated heterocycles. The normalized spacial score (nSPS) is 10.4. The average Bonchev–Trinajstić information content (AvgIpc) is 2.59. The fraction of sp³-hybridized carbons (Fsp3) is 0.222. The van der Waals surface area contributed by atoms with E-state index in [1.54, 1.807) is 12.1 Å². The molecule has 0 N–H and O–H groups in total. The van der Waals surface area contributed by atoms with Crippen molar-refractivity contribution < 1.29 is 19.3 Å². The predicted molar refractivity (Wildman–Crippen MR) is 83.8 cm³/mol. The van der Waals surface area contributed by atoms with Gasteiger partial charge >= 0.3 is 5.97 Å². The lowest BCUT2D eigenvalue weighted by molar-refractivity contribution is -0.218. The number of rotatable bonds is 8. The van der Waals surface area contributed by atoms with Crippen molar-refractivity contribution in [3.63, 3.8) is 0 Å². The molecule has 4 heteroatoms. The largest absolute Gasteiger partial charge is 0.378 e. The van der Waals surface area contributed by atoms with E-state index < -0.39 is 5.97 Å². The maximum atomic E-state index is 11.9. The van der Waals surface area contributed by atoms with Gasteiger partial charge in [0.1, 0.15) is 0 Å². The Balaban J connectivity index is 1.88. The summed E-state index contributed by atoms with van der Waals surface area (Å²) in [7, 11) is 0. The summed E-state index contributed by atoms with van der Waals surface area (Å²) < 4.78 is 5.18. The molecule has 0 spiro atoms. The number of carbonyl (C=O) groups is 1. The van der Waals surface area contributed by atoms with E-state index in [2.05, 4.69) is 0 Å². The number of ether oxygens (including phenoxy) is 1. The van der Waals surface area contributed by atoms with Crippen LogP contribution in [0.15, 0.2) is 54.6 Å². The standard InChI is InChI=1S/C18H19O4/c1-2-11-20-12-13-21-22-18(19)17-10-6-9-16(14-17)15-7-4-3-5-8-15/h3-10,13-14H,2,11-12H2,1H3. The molecule has 0 unspecified atom stereocenters. The first-order valence-corrected chi connectivity index (χ1v) is 7.24. The minimum atomic E-state index is -0.537. The third-order valence-corrected chi connectivity index (χ3v) is 2.93. The van der Waals surface area contributed by atoms with Gasteiger partial charge in [0.25, 0.3) is 0 Å². The zero-order valence-corrected chi connectivity index (χ0v) is 12.5. The second-order valence-electron chi connectivity index (χ2n) is 4.66. The Morgan fingerprint density at radius 2 is 1.82 bits per heavy atom. The average molecular weight is 299 g/mol. The van der Waals surface area contributed by atoms with E-state index in [0.717, 1.165) is 17.5 Å². The Morgan fingerprint density at radius 1 is 1.05 bits per heavy atom. The third-order valence-electron chi connectivity index (χ3n) is 2.93. The van der Waals surface area contributed by atoms with Crippen LogP contribution in [-0.4, -0.2) is 19.2 Å². The highest BCUT2D eigenvalue weighted by atomic mass is 17.2. The van der Waals surface area contributed by atoms with Gasteiger partial charge in [-0.2, -0.15) is 4.89 Å². The molecule has 0 heterocycles. The van der Waals surface area contributed by atoms with Gasteiger partial charge < -0.3 is 4.74 Å². The topological polar surface area (TPSA) is 44.8 Å². The van der Waals surface area contributed by atoms with Gasteiger partial charge in [-0.15, -0.1) is 0 Å². The Hall–Kier alpha value is -2.17. The quantitative estimate of drug-likeness (QED) is 0.419. The molecule has 0 aliphatic heterocycles. The van der Waals surface area contributed by atoms with Gasteiger partial charge in [-0.3, -0.25) is 4.89 Å². The van der Waals surface area contributed by atoms with Gasteiger partial charge in [0.15, 0.2) is 6.61 Å². The lowest BCUT2D eigenvalue weighted by atomic mass is 10.0. The van der Waals surface area contributed by atoms with Gasteiger partial charge in [0, 0.05) is 6.61 Å². The van der Waals surface area contributed by atoms with E-state index in [1.807, 2.05) is 49.4 Å². The smallest absolute Gasteiger partial charge is 0.373 e.